The standard InChI is InChI=1S/C14H9ClN4S2/c15-10-5-3-8(4-6-10)11-13(20-7-16)19-14(17-11)21-12(18-19)9-1-2-9/h3-6,9H,1-2H2. The fourth-order valence-electron chi connectivity index (χ4n) is 2.17. The Labute approximate surface area is 134 Å². The fraction of sp³-hybridized carbons (Fsp3) is 0.214. The van der Waals surface area contributed by atoms with E-state index in [1.54, 1.807) is 15.9 Å². The van der Waals surface area contributed by atoms with Crippen LogP contribution >= 0.6 is 34.7 Å². The van der Waals surface area contributed by atoms with Gasteiger partial charge in [-0.25, -0.2) is 4.98 Å². The van der Waals surface area contributed by atoms with Gasteiger partial charge in [-0.3, -0.25) is 0 Å². The number of thiocyanates is 1. The highest BCUT2D eigenvalue weighted by molar-refractivity contribution is 8.03. The number of hydrogen-bond acceptors (Lipinski definition) is 5. The Morgan fingerprint density at radius 2 is 2.10 bits per heavy atom. The first-order valence-electron chi connectivity index (χ1n) is 6.47. The third kappa shape index (κ3) is 2.31. The summed E-state index contributed by atoms with van der Waals surface area (Å²) >= 11 is 8.64. The van der Waals surface area contributed by atoms with E-state index in [0.29, 0.717) is 10.9 Å². The largest absolute Gasteiger partial charge is 0.216 e. The quantitative estimate of drug-likeness (QED) is 0.521. The minimum absolute atomic E-state index is 0.593. The van der Waals surface area contributed by atoms with Crippen molar-refractivity contribution in [3.8, 4) is 16.7 Å². The van der Waals surface area contributed by atoms with Gasteiger partial charge in [-0.15, -0.1) is 0 Å². The molecule has 0 spiro atoms. The molecule has 0 aliphatic heterocycles. The SMILES string of the molecule is N#CSc1c(-c2ccc(Cl)cc2)nc2sc(C3CC3)nn12. The van der Waals surface area contributed by atoms with Gasteiger partial charge in [0.05, 0.1) is 0 Å². The van der Waals surface area contributed by atoms with E-state index in [4.69, 9.17) is 16.9 Å². The molecule has 4 nitrogen and oxygen atoms in total. The van der Waals surface area contributed by atoms with Crippen LogP contribution in [0.5, 0.6) is 0 Å². The lowest BCUT2D eigenvalue weighted by Gasteiger charge is -1.99. The van der Waals surface area contributed by atoms with Gasteiger partial charge >= 0.3 is 0 Å². The smallest absolute Gasteiger partial charge is 0.213 e. The molecule has 21 heavy (non-hydrogen) atoms. The molecule has 0 N–H and O–H groups in total. The van der Waals surface area contributed by atoms with E-state index in [9.17, 15) is 0 Å². The van der Waals surface area contributed by atoms with Crippen LogP contribution in [-0.4, -0.2) is 14.6 Å². The first-order chi connectivity index (χ1) is 10.3. The summed E-state index contributed by atoms with van der Waals surface area (Å²) in [5.41, 5.74) is 1.74. The third-order valence-electron chi connectivity index (χ3n) is 3.36. The van der Waals surface area contributed by atoms with E-state index < -0.39 is 0 Å². The van der Waals surface area contributed by atoms with Gasteiger partial charge in [-0.1, -0.05) is 35.1 Å². The highest BCUT2D eigenvalue weighted by Gasteiger charge is 2.29. The molecule has 0 radical (unpaired) electrons. The van der Waals surface area contributed by atoms with Crippen LogP contribution in [0, 0.1) is 10.7 Å². The van der Waals surface area contributed by atoms with Crippen molar-refractivity contribution in [1.82, 2.24) is 14.6 Å². The molecule has 2 heterocycles. The minimum Gasteiger partial charge on any atom is -0.216 e. The molecule has 1 aliphatic rings. The summed E-state index contributed by atoms with van der Waals surface area (Å²) in [7, 11) is 0. The summed E-state index contributed by atoms with van der Waals surface area (Å²) in [6.45, 7) is 0. The monoisotopic (exact) mass is 332 g/mol. The second-order valence-corrected chi connectivity index (χ2v) is 7.07. The van der Waals surface area contributed by atoms with Crippen molar-refractivity contribution < 1.29 is 0 Å². The van der Waals surface area contributed by atoms with Gasteiger partial charge in [-0.05, 0) is 25.0 Å². The Bertz CT molecular complexity index is 856. The summed E-state index contributed by atoms with van der Waals surface area (Å²) in [5.74, 6) is 0.593. The zero-order chi connectivity index (χ0) is 14.4. The van der Waals surface area contributed by atoms with Gasteiger partial charge in [-0.2, -0.15) is 14.9 Å². The Morgan fingerprint density at radius 3 is 2.76 bits per heavy atom. The highest BCUT2D eigenvalue weighted by Crippen LogP contribution is 2.43. The van der Waals surface area contributed by atoms with Crippen LogP contribution in [0.2, 0.25) is 5.02 Å². The van der Waals surface area contributed by atoms with E-state index in [1.807, 2.05) is 24.3 Å². The molecule has 0 saturated heterocycles. The summed E-state index contributed by atoms with van der Waals surface area (Å²) in [4.78, 5) is 5.51. The predicted molar refractivity (Wildman–Crippen MR) is 84.8 cm³/mol. The predicted octanol–water partition coefficient (Wildman–Crippen LogP) is 4.56. The summed E-state index contributed by atoms with van der Waals surface area (Å²) in [6, 6.07) is 7.48. The maximum absolute atomic E-state index is 9.07. The van der Waals surface area contributed by atoms with Gasteiger partial charge < -0.3 is 0 Å². The summed E-state index contributed by atoms with van der Waals surface area (Å²) in [6.07, 6.45) is 2.42. The fourth-order valence-corrected chi connectivity index (χ4v) is 3.98. The molecule has 0 bridgehead atoms. The molecule has 3 aromatic rings. The maximum Gasteiger partial charge on any atom is 0.213 e. The van der Waals surface area contributed by atoms with E-state index in [0.717, 1.165) is 38.0 Å². The van der Waals surface area contributed by atoms with Gasteiger partial charge in [0.1, 0.15) is 21.1 Å². The first kappa shape index (κ1) is 13.1. The van der Waals surface area contributed by atoms with Crippen molar-refractivity contribution in [2.45, 2.75) is 23.8 Å². The second-order valence-electron chi connectivity index (χ2n) is 4.87. The van der Waals surface area contributed by atoms with Crippen LogP contribution in [0.1, 0.15) is 23.8 Å². The summed E-state index contributed by atoms with van der Waals surface area (Å²) in [5, 5.41) is 18.4. The van der Waals surface area contributed by atoms with Crippen molar-refractivity contribution in [2.75, 3.05) is 0 Å². The molecule has 7 heteroatoms. The van der Waals surface area contributed by atoms with Crippen molar-refractivity contribution in [2.24, 2.45) is 0 Å². The Balaban J connectivity index is 1.87. The average molecular weight is 333 g/mol. The second kappa shape index (κ2) is 5.02. The number of fused-ring (bicyclic) bond motifs is 1. The third-order valence-corrected chi connectivity index (χ3v) is 5.34. The molecule has 0 amide bonds. The molecule has 1 aromatic carbocycles. The highest BCUT2D eigenvalue weighted by atomic mass is 35.5. The molecular formula is C14H9ClN4S2. The normalized spacial score (nSPS) is 14.5. The lowest BCUT2D eigenvalue weighted by atomic mass is 10.2. The van der Waals surface area contributed by atoms with Crippen LogP contribution in [0.25, 0.3) is 16.2 Å². The molecule has 1 fully saturated rings. The van der Waals surface area contributed by atoms with Gasteiger partial charge in [0.25, 0.3) is 0 Å². The number of nitriles is 1. The lowest BCUT2D eigenvalue weighted by Crippen LogP contribution is -1.89. The molecule has 4 rings (SSSR count). The molecule has 0 atom stereocenters. The Hall–Kier alpha value is -1.55. The van der Waals surface area contributed by atoms with Gasteiger partial charge in [0.15, 0.2) is 0 Å². The number of thioether (sulfide) groups is 1. The number of aromatic nitrogens is 3. The number of imidazole rings is 1. The van der Waals surface area contributed by atoms with E-state index in [2.05, 4.69) is 15.5 Å². The molecule has 2 aromatic heterocycles. The van der Waals surface area contributed by atoms with Crippen molar-refractivity contribution in [1.29, 1.82) is 5.26 Å². The van der Waals surface area contributed by atoms with Crippen LogP contribution in [0.4, 0.5) is 0 Å². The van der Waals surface area contributed by atoms with Crippen molar-refractivity contribution in [3.05, 3.63) is 34.3 Å². The van der Waals surface area contributed by atoms with Crippen molar-refractivity contribution in [3.63, 3.8) is 0 Å². The number of benzene rings is 1. The number of hydrogen-bond donors (Lipinski definition) is 0. The van der Waals surface area contributed by atoms with E-state index in [-0.39, 0.29) is 0 Å². The average Bonchev–Trinajstić information content (AvgIpc) is 3.17. The molecule has 1 saturated carbocycles. The maximum atomic E-state index is 9.07. The first-order valence-corrected chi connectivity index (χ1v) is 8.48. The summed E-state index contributed by atoms with van der Waals surface area (Å²) < 4.78 is 1.80. The van der Waals surface area contributed by atoms with E-state index >= 15 is 0 Å². The number of halogens is 1. The van der Waals surface area contributed by atoms with Crippen LogP contribution in [0.15, 0.2) is 29.3 Å². The Morgan fingerprint density at radius 1 is 1.33 bits per heavy atom. The van der Waals surface area contributed by atoms with Crippen LogP contribution in [-0.2, 0) is 0 Å². The Kier molecular flexibility index (Phi) is 3.14. The minimum atomic E-state index is 0.593. The van der Waals surface area contributed by atoms with Gasteiger partial charge in [0, 0.05) is 28.3 Å². The molecular weight excluding hydrogens is 324 g/mol. The van der Waals surface area contributed by atoms with E-state index in [1.165, 1.54) is 12.8 Å². The zero-order valence-electron chi connectivity index (χ0n) is 10.8. The lowest BCUT2D eigenvalue weighted by molar-refractivity contribution is 0.842. The van der Waals surface area contributed by atoms with Gasteiger partial charge in [0.2, 0.25) is 4.96 Å². The van der Waals surface area contributed by atoms with Crippen LogP contribution < -0.4 is 0 Å². The number of rotatable bonds is 3. The van der Waals surface area contributed by atoms with Crippen molar-refractivity contribution >= 4 is 39.7 Å². The van der Waals surface area contributed by atoms with Crippen LogP contribution in [0.3, 0.4) is 0 Å². The zero-order valence-corrected chi connectivity index (χ0v) is 13.2. The topological polar surface area (TPSA) is 54.0 Å². The molecule has 104 valence electrons. The molecule has 0 unspecified atom stereocenters. The molecule has 1 aliphatic carbocycles. The number of nitrogens with zero attached hydrogens (tertiary/aromatic N) is 4.